The topological polar surface area (TPSA) is 79.1 Å². The van der Waals surface area contributed by atoms with Crippen LogP contribution in [0.2, 0.25) is 0 Å². The summed E-state index contributed by atoms with van der Waals surface area (Å²) < 4.78 is 8.18. The molecule has 0 aliphatic carbocycles. The Balaban J connectivity index is 1.42. The van der Waals surface area contributed by atoms with Gasteiger partial charge in [0.1, 0.15) is 11.8 Å². The van der Waals surface area contributed by atoms with E-state index in [2.05, 4.69) is 40.0 Å². The van der Waals surface area contributed by atoms with Crippen LogP contribution in [0.4, 0.5) is 0 Å². The standard InChI is InChI=1S/C21H30N4O3/c1-15-4-5-18-22-17(14-25(18)12-15)13-24-9-6-21(7-10-24)19(27)20(3,8-11-28-21)23-16(2)26/h4-5,12,14,19,27H,6-11,13H2,1-3H3,(H,23,26)/t19-,20+/m1/s1. The number of hydrogen-bond donors (Lipinski definition) is 2. The maximum Gasteiger partial charge on any atom is 0.217 e. The van der Waals surface area contributed by atoms with Gasteiger partial charge in [-0.25, -0.2) is 4.98 Å². The van der Waals surface area contributed by atoms with Crippen LogP contribution in [0.15, 0.2) is 24.5 Å². The van der Waals surface area contributed by atoms with Gasteiger partial charge in [0.15, 0.2) is 0 Å². The normalized spacial score (nSPS) is 27.9. The quantitative estimate of drug-likeness (QED) is 0.839. The molecule has 2 aliphatic heterocycles. The van der Waals surface area contributed by atoms with Gasteiger partial charge in [0.2, 0.25) is 5.91 Å². The number of carbonyl (C=O) groups excluding carboxylic acids is 1. The molecule has 1 spiro atoms. The van der Waals surface area contributed by atoms with Crippen molar-refractivity contribution >= 4 is 11.6 Å². The number of piperidine rings is 1. The van der Waals surface area contributed by atoms with Gasteiger partial charge in [-0.3, -0.25) is 9.69 Å². The molecule has 28 heavy (non-hydrogen) atoms. The van der Waals surface area contributed by atoms with Crippen LogP contribution < -0.4 is 5.32 Å². The number of nitrogens with one attached hydrogen (secondary N) is 1. The Morgan fingerprint density at radius 2 is 2.07 bits per heavy atom. The maximum atomic E-state index is 11.6. The largest absolute Gasteiger partial charge is 0.388 e. The van der Waals surface area contributed by atoms with Crippen molar-refractivity contribution in [3.05, 3.63) is 35.8 Å². The summed E-state index contributed by atoms with van der Waals surface area (Å²) in [5.41, 5.74) is 2.01. The number of likely N-dealkylation sites (tertiary alicyclic amines) is 1. The number of carbonyl (C=O) groups is 1. The zero-order chi connectivity index (χ0) is 19.9. The maximum absolute atomic E-state index is 11.6. The van der Waals surface area contributed by atoms with Crippen molar-refractivity contribution < 1.29 is 14.6 Å². The van der Waals surface area contributed by atoms with E-state index in [1.54, 1.807) is 0 Å². The highest BCUT2D eigenvalue weighted by Crippen LogP contribution is 2.40. The summed E-state index contributed by atoms with van der Waals surface area (Å²) in [4.78, 5) is 18.7. The van der Waals surface area contributed by atoms with Crippen LogP contribution in [0, 0.1) is 6.92 Å². The molecule has 2 aromatic heterocycles. The third kappa shape index (κ3) is 3.54. The van der Waals surface area contributed by atoms with E-state index < -0.39 is 17.2 Å². The lowest BCUT2D eigenvalue weighted by Gasteiger charge is -2.53. The van der Waals surface area contributed by atoms with E-state index >= 15 is 0 Å². The van der Waals surface area contributed by atoms with Crippen molar-refractivity contribution in [3.8, 4) is 0 Å². The zero-order valence-corrected chi connectivity index (χ0v) is 16.9. The number of aliphatic hydroxyl groups is 1. The number of rotatable bonds is 3. The molecular formula is C21H30N4O3. The van der Waals surface area contributed by atoms with E-state index in [0.717, 1.165) is 43.8 Å². The van der Waals surface area contributed by atoms with Crippen LogP contribution in [0.25, 0.3) is 5.65 Å². The minimum absolute atomic E-state index is 0.113. The molecule has 2 fully saturated rings. The number of fused-ring (bicyclic) bond motifs is 1. The van der Waals surface area contributed by atoms with Crippen LogP contribution in [-0.4, -0.2) is 62.2 Å². The number of imidazole rings is 1. The molecule has 0 bridgehead atoms. The van der Waals surface area contributed by atoms with Crippen LogP contribution in [0.3, 0.4) is 0 Å². The molecular weight excluding hydrogens is 356 g/mol. The molecule has 2 N–H and O–H groups in total. The fourth-order valence-corrected chi connectivity index (χ4v) is 4.76. The van der Waals surface area contributed by atoms with E-state index in [-0.39, 0.29) is 5.91 Å². The minimum atomic E-state index is -0.710. The number of amides is 1. The molecule has 2 saturated heterocycles. The highest BCUT2D eigenvalue weighted by atomic mass is 16.5. The Labute approximate surface area is 165 Å². The molecule has 2 aliphatic rings. The molecule has 7 heteroatoms. The molecule has 0 saturated carbocycles. The number of aryl methyl sites for hydroxylation is 1. The van der Waals surface area contributed by atoms with E-state index in [1.165, 1.54) is 12.5 Å². The molecule has 4 heterocycles. The van der Waals surface area contributed by atoms with Crippen molar-refractivity contribution in [2.45, 2.75) is 63.8 Å². The number of hydrogen-bond acceptors (Lipinski definition) is 5. The van der Waals surface area contributed by atoms with Gasteiger partial charge in [0.05, 0.1) is 16.8 Å². The second-order valence-electron chi connectivity index (χ2n) is 8.64. The fourth-order valence-electron chi connectivity index (χ4n) is 4.76. The minimum Gasteiger partial charge on any atom is -0.388 e. The Hall–Kier alpha value is -1.96. The lowest BCUT2D eigenvalue weighted by atomic mass is 9.73. The van der Waals surface area contributed by atoms with E-state index in [9.17, 15) is 9.90 Å². The molecule has 2 aromatic rings. The number of nitrogens with zero attached hydrogens (tertiary/aromatic N) is 3. The van der Waals surface area contributed by atoms with Gasteiger partial charge in [-0.05, 0) is 44.7 Å². The van der Waals surface area contributed by atoms with E-state index in [1.807, 2.05) is 13.0 Å². The van der Waals surface area contributed by atoms with Gasteiger partial charge in [-0.15, -0.1) is 0 Å². The zero-order valence-electron chi connectivity index (χ0n) is 16.9. The number of aliphatic hydroxyl groups excluding tert-OH is 1. The van der Waals surface area contributed by atoms with Crippen molar-refractivity contribution in [2.24, 2.45) is 0 Å². The summed E-state index contributed by atoms with van der Waals surface area (Å²) in [5.74, 6) is -0.113. The van der Waals surface area contributed by atoms with E-state index in [0.29, 0.717) is 13.0 Å². The first-order chi connectivity index (χ1) is 13.3. The monoisotopic (exact) mass is 386 g/mol. The number of ether oxygens (including phenoxy) is 1. The first-order valence-corrected chi connectivity index (χ1v) is 10.1. The Bertz CT molecular complexity index is 872. The van der Waals surface area contributed by atoms with Crippen molar-refractivity contribution in [2.75, 3.05) is 19.7 Å². The predicted octanol–water partition coefficient (Wildman–Crippen LogP) is 1.65. The summed E-state index contributed by atoms with van der Waals surface area (Å²) in [6, 6.07) is 4.11. The molecule has 7 nitrogen and oxygen atoms in total. The number of aromatic nitrogens is 2. The Morgan fingerprint density at radius 1 is 1.32 bits per heavy atom. The van der Waals surface area contributed by atoms with Crippen LogP contribution in [0.5, 0.6) is 0 Å². The summed E-state index contributed by atoms with van der Waals surface area (Å²) >= 11 is 0. The molecule has 0 aromatic carbocycles. The van der Waals surface area contributed by atoms with Gasteiger partial charge in [0, 0.05) is 45.6 Å². The fraction of sp³-hybridized carbons (Fsp3) is 0.619. The smallest absolute Gasteiger partial charge is 0.217 e. The van der Waals surface area contributed by atoms with Gasteiger partial charge in [-0.1, -0.05) is 6.07 Å². The highest BCUT2D eigenvalue weighted by molar-refractivity contribution is 5.74. The van der Waals surface area contributed by atoms with Gasteiger partial charge < -0.3 is 19.6 Å². The average molecular weight is 386 g/mol. The summed E-state index contributed by atoms with van der Waals surface area (Å²) in [7, 11) is 0. The third-order valence-corrected chi connectivity index (χ3v) is 6.31. The van der Waals surface area contributed by atoms with Gasteiger partial charge in [-0.2, -0.15) is 0 Å². The van der Waals surface area contributed by atoms with Crippen molar-refractivity contribution in [1.82, 2.24) is 19.6 Å². The Morgan fingerprint density at radius 3 is 2.79 bits per heavy atom. The predicted molar refractivity (Wildman–Crippen MR) is 106 cm³/mol. The third-order valence-electron chi connectivity index (χ3n) is 6.31. The van der Waals surface area contributed by atoms with Crippen molar-refractivity contribution in [1.29, 1.82) is 0 Å². The average Bonchev–Trinajstić information content (AvgIpc) is 3.02. The van der Waals surface area contributed by atoms with Crippen molar-refractivity contribution in [3.63, 3.8) is 0 Å². The summed E-state index contributed by atoms with van der Waals surface area (Å²) in [5, 5.41) is 14.0. The second-order valence-corrected chi connectivity index (χ2v) is 8.64. The van der Waals surface area contributed by atoms with E-state index in [4.69, 9.17) is 9.72 Å². The molecule has 4 rings (SSSR count). The first-order valence-electron chi connectivity index (χ1n) is 10.1. The van der Waals surface area contributed by atoms with Gasteiger partial charge in [0.25, 0.3) is 0 Å². The summed E-state index contributed by atoms with van der Waals surface area (Å²) in [6.07, 6.45) is 5.59. The summed E-state index contributed by atoms with van der Waals surface area (Å²) in [6.45, 7) is 8.51. The van der Waals surface area contributed by atoms with Gasteiger partial charge >= 0.3 is 0 Å². The molecule has 2 atom stereocenters. The number of pyridine rings is 1. The lowest BCUT2D eigenvalue weighted by molar-refractivity contribution is -0.208. The first kappa shape index (κ1) is 19.4. The molecule has 0 unspecified atom stereocenters. The second kappa shape index (κ2) is 7.13. The lowest BCUT2D eigenvalue weighted by Crippen LogP contribution is -2.69. The highest BCUT2D eigenvalue weighted by Gasteiger charge is 2.53. The van der Waals surface area contributed by atoms with Crippen LogP contribution >= 0.6 is 0 Å². The SMILES string of the molecule is CC(=O)N[C@@]1(C)CCOC2(CCN(Cc3cn4cc(C)ccc4n3)CC2)[C@@H]1O. The molecule has 0 radical (unpaired) electrons. The van der Waals surface area contributed by atoms with Crippen LogP contribution in [-0.2, 0) is 16.1 Å². The Kier molecular flexibility index (Phi) is 4.93. The van der Waals surface area contributed by atoms with Crippen LogP contribution in [0.1, 0.15) is 44.4 Å². The molecule has 152 valence electrons. The molecule has 1 amide bonds.